The highest BCUT2D eigenvalue weighted by Crippen LogP contribution is 2.28. The van der Waals surface area contributed by atoms with Crippen molar-refractivity contribution in [3.8, 4) is 0 Å². The fourth-order valence-electron chi connectivity index (χ4n) is 2.28. The minimum absolute atomic E-state index is 0.0105. The minimum atomic E-state index is -0.862. The minimum Gasteiger partial charge on any atom is -0.481 e. The number of carbonyl (C=O) groups excluding carboxylic acids is 1. The second kappa shape index (κ2) is 7.94. The SMILES string of the molecule is CC(CN(C(=O)CCOCc1ccccc1)C1CC1)C(=O)O. The third-order valence-corrected chi connectivity index (χ3v) is 3.77. The van der Waals surface area contributed by atoms with Crippen LogP contribution >= 0.6 is 0 Å². The molecule has 1 amide bonds. The number of benzene rings is 1. The molecule has 1 aromatic carbocycles. The van der Waals surface area contributed by atoms with E-state index in [0.29, 0.717) is 19.6 Å². The third-order valence-electron chi connectivity index (χ3n) is 3.77. The summed E-state index contributed by atoms with van der Waals surface area (Å²) in [5, 5.41) is 8.99. The average Bonchev–Trinajstić information content (AvgIpc) is 3.34. The lowest BCUT2D eigenvalue weighted by Crippen LogP contribution is -2.39. The zero-order chi connectivity index (χ0) is 15.9. The first-order valence-corrected chi connectivity index (χ1v) is 7.72. The van der Waals surface area contributed by atoms with E-state index in [9.17, 15) is 9.59 Å². The number of carboxylic acids is 1. The molecule has 0 saturated heterocycles. The quantitative estimate of drug-likeness (QED) is 0.711. The standard InChI is InChI=1S/C17H23NO4/c1-13(17(20)21)11-18(15-7-8-15)16(19)9-10-22-12-14-5-3-2-4-6-14/h2-6,13,15H,7-12H2,1H3,(H,20,21). The molecular weight excluding hydrogens is 282 g/mol. The van der Waals surface area contributed by atoms with Crippen molar-refractivity contribution >= 4 is 11.9 Å². The molecule has 1 aliphatic rings. The number of hydrogen-bond donors (Lipinski definition) is 1. The number of aliphatic carboxylic acids is 1. The van der Waals surface area contributed by atoms with E-state index in [-0.39, 0.29) is 18.5 Å². The maximum Gasteiger partial charge on any atom is 0.308 e. The van der Waals surface area contributed by atoms with Gasteiger partial charge in [0.15, 0.2) is 0 Å². The van der Waals surface area contributed by atoms with Gasteiger partial charge in [-0.25, -0.2) is 0 Å². The maximum absolute atomic E-state index is 12.2. The van der Waals surface area contributed by atoms with Crippen molar-refractivity contribution in [2.45, 2.75) is 38.8 Å². The Balaban J connectivity index is 1.73. The molecule has 1 saturated carbocycles. The second-order valence-corrected chi connectivity index (χ2v) is 5.80. The van der Waals surface area contributed by atoms with Gasteiger partial charge in [0.2, 0.25) is 5.91 Å². The van der Waals surface area contributed by atoms with Crippen LogP contribution in [0.4, 0.5) is 0 Å². The first-order chi connectivity index (χ1) is 10.6. The summed E-state index contributed by atoms with van der Waals surface area (Å²) in [7, 11) is 0. The van der Waals surface area contributed by atoms with Gasteiger partial charge >= 0.3 is 5.97 Å². The molecule has 1 unspecified atom stereocenters. The van der Waals surface area contributed by atoms with Gasteiger partial charge in [0, 0.05) is 12.6 Å². The van der Waals surface area contributed by atoms with Crippen LogP contribution in [0.5, 0.6) is 0 Å². The Morgan fingerprint density at radius 3 is 2.59 bits per heavy atom. The number of ether oxygens (including phenoxy) is 1. The fourth-order valence-corrected chi connectivity index (χ4v) is 2.28. The normalized spacial score (nSPS) is 15.3. The summed E-state index contributed by atoms with van der Waals surface area (Å²) in [6, 6.07) is 10.0. The molecule has 0 radical (unpaired) electrons. The zero-order valence-electron chi connectivity index (χ0n) is 12.9. The summed E-state index contributed by atoms with van der Waals surface area (Å²) >= 11 is 0. The number of carboxylic acid groups (broad SMARTS) is 1. The molecule has 5 heteroatoms. The first-order valence-electron chi connectivity index (χ1n) is 7.72. The van der Waals surface area contributed by atoms with Crippen LogP contribution in [0, 0.1) is 5.92 Å². The van der Waals surface area contributed by atoms with Crippen LogP contribution in [-0.4, -0.2) is 41.1 Å². The predicted molar refractivity (Wildman–Crippen MR) is 82.2 cm³/mol. The Labute approximate surface area is 130 Å². The van der Waals surface area contributed by atoms with Crippen LogP contribution in [0.2, 0.25) is 0 Å². The molecule has 0 heterocycles. The molecule has 0 bridgehead atoms. The topological polar surface area (TPSA) is 66.8 Å². The van der Waals surface area contributed by atoms with Crippen molar-refractivity contribution in [1.82, 2.24) is 4.90 Å². The van der Waals surface area contributed by atoms with Gasteiger partial charge in [-0.15, -0.1) is 0 Å². The van der Waals surface area contributed by atoms with Crippen molar-refractivity contribution in [2.75, 3.05) is 13.2 Å². The van der Waals surface area contributed by atoms with Gasteiger partial charge in [-0.05, 0) is 18.4 Å². The second-order valence-electron chi connectivity index (χ2n) is 5.80. The number of amides is 1. The smallest absolute Gasteiger partial charge is 0.308 e. The van der Waals surface area contributed by atoms with Crippen molar-refractivity contribution in [1.29, 1.82) is 0 Å². The van der Waals surface area contributed by atoms with E-state index in [4.69, 9.17) is 9.84 Å². The van der Waals surface area contributed by atoms with Crippen LogP contribution in [0.15, 0.2) is 30.3 Å². The zero-order valence-corrected chi connectivity index (χ0v) is 12.9. The van der Waals surface area contributed by atoms with Crippen LogP contribution in [0.1, 0.15) is 31.7 Å². The van der Waals surface area contributed by atoms with Gasteiger partial charge in [-0.1, -0.05) is 37.3 Å². The Bertz CT molecular complexity index is 499. The van der Waals surface area contributed by atoms with Crippen LogP contribution in [0.3, 0.4) is 0 Å². The average molecular weight is 305 g/mol. The summed E-state index contributed by atoms with van der Waals surface area (Å²) < 4.78 is 5.53. The van der Waals surface area contributed by atoms with Gasteiger partial charge in [0.25, 0.3) is 0 Å². The molecule has 0 aromatic heterocycles. The van der Waals surface area contributed by atoms with Crippen LogP contribution in [0.25, 0.3) is 0 Å². The summed E-state index contributed by atoms with van der Waals surface area (Å²) in [6.45, 7) is 2.77. The van der Waals surface area contributed by atoms with Gasteiger partial charge in [0.05, 0.1) is 25.6 Å². The van der Waals surface area contributed by atoms with E-state index in [1.807, 2.05) is 30.3 Å². The lowest BCUT2D eigenvalue weighted by Gasteiger charge is -2.24. The highest BCUT2D eigenvalue weighted by Gasteiger charge is 2.34. The summed E-state index contributed by atoms with van der Waals surface area (Å²) in [4.78, 5) is 24.9. The van der Waals surface area contributed by atoms with Crippen LogP contribution in [-0.2, 0) is 20.9 Å². The molecule has 1 fully saturated rings. The highest BCUT2D eigenvalue weighted by atomic mass is 16.5. The van der Waals surface area contributed by atoms with Gasteiger partial charge in [0.1, 0.15) is 0 Å². The first kappa shape index (κ1) is 16.5. The number of nitrogens with zero attached hydrogens (tertiary/aromatic N) is 1. The van der Waals surface area contributed by atoms with E-state index < -0.39 is 11.9 Å². The third kappa shape index (κ3) is 5.15. The predicted octanol–water partition coefficient (Wildman–Crippen LogP) is 2.31. The number of carbonyl (C=O) groups is 2. The van der Waals surface area contributed by atoms with E-state index in [2.05, 4.69) is 0 Å². The Morgan fingerprint density at radius 2 is 2.00 bits per heavy atom. The van der Waals surface area contributed by atoms with Gasteiger partial charge < -0.3 is 14.7 Å². The molecule has 1 atom stereocenters. The fraction of sp³-hybridized carbons (Fsp3) is 0.529. The monoisotopic (exact) mass is 305 g/mol. The van der Waals surface area contributed by atoms with Crippen molar-refractivity contribution < 1.29 is 19.4 Å². The lowest BCUT2D eigenvalue weighted by atomic mass is 10.1. The summed E-state index contributed by atoms with van der Waals surface area (Å²) in [6.07, 6.45) is 2.25. The Hall–Kier alpha value is -1.88. The molecule has 5 nitrogen and oxygen atoms in total. The molecule has 1 N–H and O–H groups in total. The molecule has 120 valence electrons. The summed E-state index contributed by atoms with van der Waals surface area (Å²) in [5.74, 6) is -1.41. The largest absolute Gasteiger partial charge is 0.481 e. The molecule has 22 heavy (non-hydrogen) atoms. The van der Waals surface area contributed by atoms with E-state index in [1.165, 1.54) is 0 Å². The van der Waals surface area contributed by atoms with E-state index in [1.54, 1.807) is 11.8 Å². The molecular formula is C17H23NO4. The molecule has 1 aromatic rings. The lowest BCUT2D eigenvalue weighted by molar-refractivity contribution is -0.143. The van der Waals surface area contributed by atoms with Gasteiger partial charge in [-0.2, -0.15) is 0 Å². The summed E-state index contributed by atoms with van der Waals surface area (Å²) in [5.41, 5.74) is 1.08. The number of hydrogen-bond acceptors (Lipinski definition) is 3. The Kier molecular flexibility index (Phi) is 5.95. The Morgan fingerprint density at radius 1 is 1.32 bits per heavy atom. The van der Waals surface area contributed by atoms with Crippen molar-refractivity contribution in [2.24, 2.45) is 5.92 Å². The maximum atomic E-state index is 12.2. The molecule has 2 rings (SSSR count). The van der Waals surface area contributed by atoms with E-state index in [0.717, 1.165) is 18.4 Å². The van der Waals surface area contributed by atoms with Gasteiger partial charge in [-0.3, -0.25) is 9.59 Å². The molecule has 1 aliphatic carbocycles. The van der Waals surface area contributed by atoms with E-state index >= 15 is 0 Å². The van der Waals surface area contributed by atoms with Crippen LogP contribution < -0.4 is 0 Å². The molecule has 0 spiro atoms. The van der Waals surface area contributed by atoms with Crippen molar-refractivity contribution in [3.05, 3.63) is 35.9 Å². The molecule has 0 aliphatic heterocycles. The number of rotatable bonds is 9. The highest BCUT2D eigenvalue weighted by molar-refractivity contribution is 5.78. The van der Waals surface area contributed by atoms with Crippen molar-refractivity contribution in [3.63, 3.8) is 0 Å².